The molecule has 0 bridgehead atoms. The van der Waals surface area contributed by atoms with E-state index in [0.29, 0.717) is 5.92 Å². The van der Waals surface area contributed by atoms with Crippen molar-refractivity contribution in [2.75, 3.05) is 0 Å². The summed E-state index contributed by atoms with van der Waals surface area (Å²) in [5, 5.41) is 0. The summed E-state index contributed by atoms with van der Waals surface area (Å²) >= 11 is 0. The lowest BCUT2D eigenvalue weighted by Crippen LogP contribution is -2.30. The van der Waals surface area contributed by atoms with Crippen LogP contribution in [0.3, 0.4) is 0 Å². The first-order valence-corrected chi connectivity index (χ1v) is 5.90. The summed E-state index contributed by atoms with van der Waals surface area (Å²) in [5.41, 5.74) is 0. The molecule has 0 unspecified atom stereocenters. The van der Waals surface area contributed by atoms with Crippen LogP contribution in [0.15, 0.2) is 0 Å². The highest BCUT2D eigenvalue weighted by molar-refractivity contribution is 4.71. The van der Waals surface area contributed by atoms with Gasteiger partial charge in [0.05, 0.1) is 12.2 Å². The van der Waals surface area contributed by atoms with Gasteiger partial charge in [0.15, 0.2) is 6.29 Å². The Morgan fingerprint density at radius 3 is 1.64 bits per heavy atom. The molecule has 1 aliphatic carbocycles. The molecule has 0 N–H and O–H groups in total. The lowest BCUT2D eigenvalue weighted by Gasteiger charge is -2.27. The average Bonchev–Trinajstić information content (AvgIpc) is 2.52. The van der Waals surface area contributed by atoms with Crippen molar-refractivity contribution in [3.05, 3.63) is 0 Å². The highest BCUT2D eigenvalue weighted by atomic mass is 16.7. The Kier molecular flexibility index (Phi) is 4.90. The van der Waals surface area contributed by atoms with Gasteiger partial charge in [0, 0.05) is 5.92 Å². The number of hydrogen-bond donors (Lipinski definition) is 0. The average molecular weight is 200 g/mol. The SMILES string of the molecule is CC(C)OC(OC(C)C)C1CCCC1. The van der Waals surface area contributed by atoms with Gasteiger partial charge < -0.3 is 9.47 Å². The Labute approximate surface area is 88.0 Å². The second-order valence-electron chi connectivity index (χ2n) is 4.78. The largest absolute Gasteiger partial charge is 0.350 e. The molecule has 0 spiro atoms. The third-order valence-electron chi connectivity index (χ3n) is 2.60. The van der Waals surface area contributed by atoms with Gasteiger partial charge in [-0.2, -0.15) is 0 Å². The minimum Gasteiger partial charge on any atom is -0.350 e. The standard InChI is InChI=1S/C12H24O2/c1-9(2)13-12(14-10(3)4)11-7-5-6-8-11/h9-12H,5-8H2,1-4H3. The maximum absolute atomic E-state index is 5.82. The first-order chi connectivity index (χ1) is 6.59. The normalized spacial score (nSPS) is 19.1. The molecule has 1 fully saturated rings. The Morgan fingerprint density at radius 2 is 1.29 bits per heavy atom. The van der Waals surface area contributed by atoms with E-state index in [9.17, 15) is 0 Å². The molecule has 1 aliphatic rings. The summed E-state index contributed by atoms with van der Waals surface area (Å²) in [6.07, 6.45) is 5.76. The van der Waals surface area contributed by atoms with Crippen LogP contribution in [0.5, 0.6) is 0 Å². The minimum absolute atomic E-state index is 0.0255. The Hall–Kier alpha value is -0.0800. The lowest BCUT2D eigenvalue weighted by atomic mass is 10.1. The molecule has 0 aromatic carbocycles. The fraction of sp³-hybridized carbons (Fsp3) is 1.00. The molecule has 1 saturated carbocycles. The van der Waals surface area contributed by atoms with Crippen molar-refractivity contribution in [1.82, 2.24) is 0 Å². The van der Waals surface area contributed by atoms with E-state index in [1.54, 1.807) is 0 Å². The van der Waals surface area contributed by atoms with Crippen molar-refractivity contribution in [3.63, 3.8) is 0 Å². The molecule has 0 atom stereocenters. The molecule has 0 aliphatic heterocycles. The van der Waals surface area contributed by atoms with E-state index in [4.69, 9.17) is 9.47 Å². The third-order valence-corrected chi connectivity index (χ3v) is 2.60. The van der Waals surface area contributed by atoms with Crippen LogP contribution in [0.2, 0.25) is 0 Å². The van der Waals surface area contributed by atoms with E-state index in [2.05, 4.69) is 27.7 Å². The molecule has 2 heteroatoms. The third kappa shape index (κ3) is 3.97. The summed E-state index contributed by atoms with van der Waals surface area (Å²) in [4.78, 5) is 0. The topological polar surface area (TPSA) is 18.5 Å². The molecule has 1 rings (SSSR count). The first-order valence-electron chi connectivity index (χ1n) is 5.90. The van der Waals surface area contributed by atoms with Crippen molar-refractivity contribution in [3.8, 4) is 0 Å². The molecule has 0 amide bonds. The number of ether oxygens (including phenoxy) is 2. The molecular formula is C12H24O2. The monoisotopic (exact) mass is 200 g/mol. The molecule has 0 aromatic rings. The van der Waals surface area contributed by atoms with Gasteiger partial charge in [-0.3, -0.25) is 0 Å². The zero-order chi connectivity index (χ0) is 10.6. The number of hydrogen-bond acceptors (Lipinski definition) is 2. The van der Waals surface area contributed by atoms with Crippen molar-refractivity contribution in [1.29, 1.82) is 0 Å². The summed E-state index contributed by atoms with van der Waals surface area (Å²) in [5.74, 6) is 0.625. The second kappa shape index (κ2) is 5.72. The predicted octanol–water partition coefficient (Wildman–Crippen LogP) is 3.35. The fourth-order valence-electron chi connectivity index (χ4n) is 2.02. The molecule has 0 heterocycles. The first kappa shape index (κ1) is 12.0. The highest BCUT2D eigenvalue weighted by Gasteiger charge is 2.27. The van der Waals surface area contributed by atoms with Crippen LogP contribution in [-0.4, -0.2) is 18.5 Å². The molecular weight excluding hydrogens is 176 g/mol. The van der Waals surface area contributed by atoms with Gasteiger partial charge in [-0.15, -0.1) is 0 Å². The van der Waals surface area contributed by atoms with E-state index < -0.39 is 0 Å². The zero-order valence-electron chi connectivity index (χ0n) is 9.95. The summed E-state index contributed by atoms with van der Waals surface area (Å²) < 4.78 is 11.6. The fourth-order valence-corrected chi connectivity index (χ4v) is 2.02. The predicted molar refractivity (Wildman–Crippen MR) is 58.2 cm³/mol. The van der Waals surface area contributed by atoms with Crippen LogP contribution >= 0.6 is 0 Å². The van der Waals surface area contributed by atoms with Crippen LogP contribution in [0.1, 0.15) is 53.4 Å². The van der Waals surface area contributed by atoms with Crippen molar-refractivity contribution in [2.24, 2.45) is 5.92 Å². The van der Waals surface area contributed by atoms with Crippen LogP contribution in [0.4, 0.5) is 0 Å². The van der Waals surface area contributed by atoms with Gasteiger partial charge in [0.25, 0.3) is 0 Å². The Bertz CT molecular complexity index is 138. The van der Waals surface area contributed by atoms with Crippen molar-refractivity contribution in [2.45, 2.75) is 71.9 Å². The lowest BCUT2D eigenvalue weighted by molar-refractivity contribution is -0.206. The molecule has 0 aromatic heterocycles. The van der Waals surface area contributed by atoms with Gasteiger partial charge in [0.1, 0.15) is 0 Å². The van der Waals surface area contributed by atoms with E-state index in [0.717, 1.165) is 0 Å². The van der Waals surface area contributed by atoms with Crippen LogP contribution in [0, 0.1) is 5.92 Å². The Morgan fingerprint density at radius 1 is 0.857 bits per heavy atom. The highest BCUT2D eigenvalue weighted by Crippen LogP contribution is 2.30. The maximum atomic E-state index is 5.82. The summed E-state index contributed by atoms with van der Waals surface area (Å²) in [6, 6.07) is 0. The van der Waals surface area contributed by atoms with Gasteiger partial charge in [-0.25, -0.2) is 0 Å². The molecule has 2 nitrogen and oxygen atoms in total. The van der Waals surface area contributed by atoms with Crippen molar-refractivity contribution < 1.29 is 9.47 Å². The molecule has 0 saturated heterocycles. The molecule has 84 valence electrons. The Balaban J connectivity index is 2.42. The minimum atomic E-state index is 0.0255. The van der Waals surface area contributed by atoms with Gasteiger partial charge in [-0.05, 0) is 40.5 Å². The molecule has 14 heavy (non-hydrogen) atoms. The maximum Gasteiger partial charge on any atom is 0.161 e. The molecule has 0 radical (unpaired) electrons. The summed E-state index contributed by atoms with van der Waals surface area (Å²) in [7, 11) is 0. The quantitative estimate of drug-likeness (QED) is 0.634. The van der Waals surface area contributed by atoms with Crippen LogP contribution in [0.25, 0.3) is 0 Å². The van der Waals surface area contributed by atoms with E-state index in [-0.39, 0.29) is 18.5 Å². The van der Waals surface area contributed by atoms with Gasteiger partial charge in [-0.1, -0.05) is 12.8 Å². The second-order valence-corrected chi connectivity index (χ2v) is 4.78. The van der Waals surface area contributed by atoms with Crippen LogP contribution < -0.4 is 0 Å². The van der Waals surface area contributed by atoms with Gasteiger partial charge in [0.2, 0.25) is 0 Å². The summed E-state index contributed by atoms with van der Waals surface area (Å²) in [6.45, 7) is 8.30. The van der Waals surface area contributed by atoms with Gasteiger partial charge >= 0.3 is 0 Å². The van der Waals surface area contributed by atoms with E-state index in [1.807, 2.05) is 0 Å². The number of rotatable bonds is 5. The van der Waals surface area contributed by atoms with E-state index in [1.165, 1.54) is 25.7 Å². The van der Waals surface area contributed by atoms with E-state index >= 15 is 0 Å². The zero-order valence-corrected chi connectivity index (χ0v) is 9.95. The van der Waals surface area contributed by atoms with Crippen LogP contribution in [-0.2, 0) is 9.47 Å². The smallest absolute Gasteiger partial charge is 0.161 e. The van der Waals surface area contributed by atoms with Crippen molar-refractivity contribution >= 4 is 0 Å².